The second-order valence-electron chi connectivity index (χ2n) is 6.02. The van der Waals surface area contributed by atoms with Gasteiger partial charge in [-0.2, -0.15) is 4.58 Å². The average Bonchev–Trinajstić information content (AvgIpc) is 2.96. The van der Waals surface area contributed by atoms with Crippen molar-refractivity contribution < 1.29 is 23.6 Å². The van der Waals surface area contributed by atoms with Crippen LogP contribution in [0.3, 0.4) is 0 Å². The third-order valence-corrected chi connectivity index (χ3v) is 4.66. The number of morpholine rings is 1. The maximum absolute atomic E-state index is 11.3. The normalized spacial score (nSPS) is 36.1. The number of rotatable bonds is 1. The van der Waals surface area contributed by atoms with Gasteiger partial charge in [-0.3, -0.25) is 4.79 Å². The highest BCUT2D eigenvalue weighted by molar-refractivity contribution is 5.66. The summed E-state index contributed by atoms with van der Waals surface area (Å²) in [5.74, 6) is -1.32. The van der Waals surface area contributed by atoms with E-state index in [0.29, 0.717) is 6.61 Å². The van der Waals surface area contributed by atoms with Crippen LogP contribution in [-0.4, -0.2) is 41.5 Å². The Morgan fingerprint density at radius 2 is 2.24 bits per heavy atom. The molecule has 3 aliphatic rings. The Labute approximate surface area is 123 Å². The monoisotopic (exact) mass is 288 g/mol. The van der Waals surface area contributed by atoms with Crippen molar-refractivity contribution in [1.29, 1.82) is 0 Å². The van der Waals surface area contributed by atoms with Crippen LogP contribution in [-0.2, 0) is 25.4 Å². The lowest BCUT2D eigenvalue weighted by atomic mass is 10.0. The molecule has 0 saturated carbocycles. The molecule has 110 valence electrons. The average molecular weight is 288 g/mol. The van der Waals surface area contributed by atoms with Crippen molar-refractivity contribution in [2.24, 2.45) is 0 Å². The summed E-state index contributed by atoms with van der Waals surface area (Å²) in [6, 6.07) is 8.41. The first-order valence-corrected chi connectivity index (χ1v) is 7.26. The van der Waals surface area contributed by atoms with Crippen molar-refractivity contribution in [3.8, 4) is 0 Å². The molecule has 1 aromatic carbocycles. The number of esters is 1. The SMILES string of the molecule is CC(=O)OC1(C)OC=[N+]2C1CO[C@H]1Cc3ccccc3[C@H]12. The number of carbonyl (C=O) groups excluding carboxylic acids is 1. The van der Waals surface area contributed by atoms with Crippen molar-refractivity contribution in [3.05, 3.63) is 35.4 Å². The first kappa shape index (κ1) is 12.8. The molecule has 2 heterocycles. The Bertz CT molecular complexity index is 641. The van der Waals surface area contributed by atoms with Gasteiger partial charge in [0.25, 0.3) is 6.04 Å². The minimum Gasteiger partial charge on any atom is -0.416 e. The fourth-order valence-electron chi connectivity index (χ4n) is 3.72. The number of benzene rings is 1. The molecule has 5 nitrogen and oxygen atoms in total. The summed E-state index contributed by atoms with van der Waals surface area (Å²) in [5.41, 5.74) is 2.60. The largest absolute Gasteiger partial charge is 0.416 e. The molecule has 5 heteroatoms. The number of carbonyl (C=O) groups is 1. The molecule has 1 aromatic rings. The van der Waals surface area contributed by atoms with Crippen LogP contribution in [0, 0.1) is 0 Å². The molecule has 2 unspecified atom stereocenters. The second-order valence-corrected chi connectivity index (χ2v) is 6.02. The van der Waals surface area contributed by atoms with E-state index in [4.69, 9.17) is 14.2 Å². The van der Waals surface area contributed by atoms with E-state index in [1.807, 2.05) is 6.07 Å². The Morgan fingerprint density at radius 1 is 1.43 bits per heavy atom. The van der Waals surface area contributed by atoms with Crippen molar-refractivity contribution in [2.75, 3.05) is 6.61 Å². The van der Waals surface area contributed by atoms with E-state index < -0.39 is 5.79 Å². The van der Waals surface area contributed by atoms with E-state index in [1.54, 1.807) is 13.3 Å². The predicted octanol–water partition coefficient (Wildman–Crippen LogP) is 1.40. The zero-order valence-electron chi connectivity index (χ0n) is 12.1. The van der Waals surface area contributed by atoms with E-state index in [1.165, 1.54) is 18.1 Å². The lowest BCUT2D eigenvalue weighted by Crippen LogP contribution is -2.53. The number of fused-ring (bicyclic) bond motifs is 5. The molecule has 1 saturated heterocycles. The summed E-state index contributed by atoms with van der Waals surface area (Å²) in [6.45, 7) is 3.68. The van der Waals surface area contributed by atoms with Crippen LogP contribution >= 0.6 is 0 Å². The van der Waals surface area contributed by atoms with Crippen LogP contribution in [0.15, 0.2) is 24.3 Å². The third kappa shape index (κ3) is 1.80. The molecule has 21 heavy (non-hydrogen) atoms. The van der Waals surface area contributed by atoms with Crippen LogP contribution < -0.4 is 0 Å². The molecule has 0 aromatic heterocycles. The van der Waals surface area contributed by atoms with E-state index in [2.05, 4.69) is 22.8 Å². The van der Waals surface area contributed by atoms with Crippen LogP contribution in [0.2, 0.25) is 0 Å². The molecule has 1 fully saturated rings. The minimum atomic E-state index is -0.978. The molecule has 0 radical (unpaired) electrons. The fourth-order valence-corrected chi connectivity index (χ4v) is 3.72. The summed E-state index contributed by atoms with van der Waals surface area (Å²) < 4.78 is 19.3. The quantitative estimate of drug-likeness (QED) is 0.579. The van der Waals surface area contributed by atoms with Gasteiger partial charge in [-0.25, -0.2) is 0 Å². The van der Waals surface area contributed by atoms with Crippen LogP contribution in [0.25, 0.3) is 0 Å². The number of ether oxygens (including phenoxy) is 3. The number of hydrogen-bond acceptors (Lipinski definition) is 4. The summed E-state index contributed by atoms with van der Waals surface area (Å²) >= 11 is 0. The van der Waals surface area contributed by atoms with Crippen LogP contribution in [0.5, 0.6) is 0 Å². The number of nitrogens with zero attached hydrogens (tertiary/aromatic N) is 1. The van der Waals surface area contributed by atoms with Gasteiger partial charge < -0.3 is 14.2 Å². The van der Waals surface area contributed by atoms with Gasteiger partial charge in [0.05, 0.1) is 0 Å². The summed E-state index contributed by atoms with van der Waals surface area (Å²) in [4.78, 5) is 11.3. The van der Waals surface area contributed by atoms with Crippen molar-refractivity contribution in [2.45, 2.75) is 44.2 Å². The van der Waals surface area contributed by atoms with E-state index in [9.17, 15) is 4.79 Å². The van der Waals surface area contributed by atoms with Gasteiger partial charge in [0.1, 0.15) is 12.7 Å². The molecule has 0 amide bonds. The van der Waals surface area contributed by atoms with Crippen LogP contribution in [0.1, 0.15) is 31.0 Å². The first-order chi connectivity index (χ1) is 10.1. The standard InChI is InChI=1S/C16H18NO4/c1-10(18)21-16(2)14-8-19-13-7-11-5-3-4-6-12(11)15(13)17(14)9-20-16/h3-6,9,13-15H,7-8H2,1-2H3/q+1/t13-,14?,15+,16?/m0/s1. The van der Waals surface area contributed by atoms with Gasteiger partial charge >= 0.3 is 18.2 Å². The molecule has 4 rings (SSSR count). The molecule has 4 atom stereocenters. The molecule has 2 aliphatic heterocycles. The minimum absolute atomic E-state index is 0.117. The van der Waals surface area contributed by atoms with Gasteiger partial charge in [0.2, 0.25) is 6.04 Å². The maximum atomic E-state index is 11.3. The Morgan fingerprint density at radius 3 is 3.05 bits per heavy atom. The van der Waals surface area contributed by atoms with Crippen LogP contribution in [0.4, 0.5) is 0 Å². The van der Waals surface area contributed by atoms with E-state index >= 15 is 0 Å². The molecule has 1 aliphatic carbocycles. The Balaban J connectivity index is 1.70. The van der Waals surface area contributed by atoms with E-state index in [-0.39, 0.29) is 24.2 Å². The third-order valence-electron chi connectivity index (χ3n) is 4.66. The fraction of sp³-hybridized carbons (Fsp3) is 0.500. The Hall–Kier alpha value is -1.88. The molecular formula is C16H18NO4+. The lowest BCUT2D eigenvalue weighted by molar-refractivity contribution is -0.638. The van der Waals surface area contributed by atoms with Crippen molar-refractivity contribution in [1.82, 2.24) is 0 Å². The maximum Gasteiger partial charge on any atom is 0.328 e. The summed E-state index contributed by atoms with van der Waals surface area (Å²) in [5, 5.41) is 0. The zero-order valence-corrected chi connectivity index (χ0v) is 12.1. The lowest BCUT2D eigenvalue weighted by Gasteiger charge is -2.32. The first-order valence-electron chi connectivity index (χ1n) is 7.26. The molecule has 0 N–H and O–H groups in total. The zero-order chi connectivity index (χ0) is 14.6. The van der Waals surface area contributed by atoms with Gasteiger partial charge in [-0.15, -0.1) is 0 Å². The molecule has 0 spiro atoms. The molecule has 0 bridgehead atoms. The van der Waals surface area contributed by atoms with E-state index in [0.717, 1.165) is 6.42 Å². The summed E-state index contributed by atoms with van der Waals surface area (Å²) in [6.07, 6.45) is 2.76. The Kier molecular flexibility index (Phi) is 2.63. The summed E-state index contributed by atoms with van der Waals surface area (Å²) in [7, 11) is 0. The second kappa shape index (κ2) is 4.31. The van der Waals surface area contributed by atoms with Gasteiger partial charge in [0, 0.05) is 25.8 Å². The van der Waals surface area contributed by atoms with Crippen molar-refractivity contribution >= 4 is 12.4 Å². The number of hydrogen-bond donors (Lipinski definition) is 0. The molecular weight excluding hydrogens is 270 g/mol. The topological polar surface area (TPSA) is 47.8 Å². The highest BCUT2D eigenvalue weighted by atomic mass is 16.7. The van der Waals surface area contributed by atoms with Crippen molar-refractivity contribution in [3.63, 3.8) is 0 Å². The smallest absolute Gasteiger partial charge is 0.328 e. The van der Waals surface area contributed by atoms with Gasteiger partial charge in [-0.1, -0.05) is 24.3 Å². The highest BCUT2D eigenvalue weighted by Gasteiger charge is 2.60. The van der Waals surface area contributed by atoms with Gasteiger partial charge in [-0.05, 0) is 5.56 Å². The predicted molar refractivity (Wildman–Crippen MR) is 74.0 cm³/mol. The van der Waals surface area contributed by atoms with Gasteiger partial charge in [0.15, 0.2) is 0 Å². The highest BCUT2D eigenvalue weighted by Crippen LogP contribution is 2.43.